The van der Waals surface area contributed by atoms with Crippen LogP contribution in [0.1, 0.15) is 52.9 Å². The summed E-state index contributed by atoms with van der Waals surface area (Å²) in [7, 11) is 0. The molecule has 0 saturated heterocycles. The molecule has 4 heteroatoms. The van der Waals surface area contributed by atoms with Gasteiger partial charge in [-0.2, -0.15) is 0 Å². The molecule has 1 rings (SSSR count). The summed E-state index contributed by atoms with van der Waals surface area (Å²) in [4.78, 5) is 22.9. The lowest BCUT2D eigenvalue weighted by Crippen LogP contribution is -2.49. The Morgan fingerprint density at radius 1 is 1.29 bits per heavy atom. The third kappa shape index (κ3) is 3.20. The molecule has 1 aliphatic rings. The molecule has 0 aromatic heterocycles. The third-order valence-electron chi connectivity index (χ3n) is 3.85. The molecule has 1 amide bonds. The van der Waals surface area contributed by atoms with Gasteiger partial charge in [0.15, 0.2) is 0 Å². The van der Waals surface area contributed by atoms with E-state index >= 15 is 0 Å². The molecule has 2 N–H and O–H groups in total. The summed E-state index contributed by atoms with van der Waals surface area (Å²) >= 11 is 0. The first kappa shape index (κ1) is 14.0. The first-order chi connectivity index (χ1) is 7.89. The highest BCUT2D eigenvalue weighted by Crippen LogP contribution is 2.28. The molecule has 2 unspecified atom stereocenters. The van der Waals surface area contributed by atoms with E-state index in [1.165, 1.54) is 20.3 Å². The summed E-state index contributed by atoms with van der Waals surface area (Å²) in [6.45, 7) is 5.03. The fourth-order valence-corrected chi connectivity index (χ4v) is 2.33. The molecule has 0 spiro atoms. The maximum absolute atomic E-state index is 11.9. The molecule has 1 saturated carbocycles. The van der Waals surface area contributed by atoms with E-state index in [1.807, 2.05) is 0 Å². The Morgan fingerprint density at radius 2 is 1.88 bits per heavy atom. The standard InChI is InChI=1S/C13H23NO3/c1-4-9-7-5-6-8-10(9)14-11(15)13(2,3)12(16)17/h9-10H,4-8H2,1-3H3,(H,14,15)(H,16,17). The minimum atomic E-state index is -1.34. The fourth-order valence-electron chi connectivity index (χ4n) is 2.33. The van der Waals surface area contributed by atoms with Gasteiger partial charge in [-0.05, 0) is 32.6 Å². The van der Waals surface area contributed by atoms with Crippen LogP contribution in [0.15, 0.2) is 0 Å². The van der Waals surface area contributed by atoms with E-state index in [9.17, 15) is 9.59 Å². The van der Waals surface area contributed by atoms with Gasteiger partial charge in [-0.25, -0.2) is 0 Å². The summed E-state index contributed by atoms with van der Waals surface area (Å²) in [5.74, 6) is -0.938. The molecule has 1 aliphatic carbocycles. The number of carboxylic acids is 1. The lowest BCUT2D eigenvalue weighted by atomic mass is 9.82. The van der Waals surface area contributed by atoms with Crippen molar-refractivity contribution in [3.8, 4) is 0 Å². The van der Waals surface area contributed by atoms with Crippen molar-refractivity contribution in [3.05, 3.63) is 0 Å². The molecule has 98 valence electrons. The van der Waals surface area contributed by atoms with Crippen molar-refractivity contribution in [1.29, 1.82) is 0 Å². The number of carbonyl (C=O) groups excluding carboxylic acids is 1. The molecule has 0 aliphatic heterocycles. The average Bonchev–Trinajstić information content (AvgIpc) is 2.29. The van der Waals surface area contributed by atoms with Crippen molar-refractivity contribution in [3.63, 3.8) is 0 Å². The maximum atomic E-state index is 11.9. The molecule has 4 nitrogen and oxygen atoms in total. The Hall–Kier alpha value is -1.06. The average molecular weight is 241 g/mol. The number of nitrogens with one attached hydrogen (secondary N) is 1. The zero-order chi connectivity index (χ0) is 13.1. The molecule has 0 heterocycles. The van der Waals surface area contributed by atoms with Gasteiger partial charge < -0.3 is 10.4 Å². The van der Waals surface area contributed by atoms with E-state index in [0.717, 1.165) is 25.7 Å². The molecule has 17 heavy (non-hydrogen) atoms. The second-order valence-corrected chi connectivity index (χ2v) is 5.46. The van der Waals surface area contributed by atoms with E-state index in [4.69, 9.17) is 5.11 Å². The summed E-state index contributed by atoms with van der Waals surface area (Å²) in [5, 5.41) is 11.9. The fraction of sp³-hybridized carbons (Fsp3) is 0.846. The Kier molecular flexibility index (Phi) is 4.54. The van der Waals surface area contributed by atoms with Crippen LogP contribution in [0.25, 0.3) is 0 Å². The number of aliphatic carboxylic acids is 1. The number of rotatable bonds is 4. The first-order valence-electron chi connectivity index (χ1n) is 6.44. The monoisotopic (exact) mass is 241 g/mol. The SMILES string of the molecule is CCC1CCCCC1NC(=O)C(C)(C)C(=O)O. The topological polar surface area (TPSA) is 66.4 Å². The molecule has 0 aromatic carbocycles. The molecular formula is C13H23NO3. The lowest BCUT2D eigenvalue weighted by molar-refractivity contribution is -0.153. The van der Waals surface area contributed by atoms with E-state index in [1.54, 1.807) is 0 Å². The Bertz CT molecular complexity index is 299. The molecule has 0 radical (unpaired) electrons. The Labute approximate surface area is 103 Å². The largest absolute Gasteiger partial charge is 0.480 e. The second kappa shape index (κ2) is 5.52. The van der Waals surface area contributed by atoms with E-state index in [2.05, 4.69) is 12.2 Å². The van der Waals surface area contributed by atoms with Crippen molar-refractivity contribution in [2.75, 3.05) is 0 Å². The van der Waals surface area contributed by atoms with Crippen LogP contribution >= 0.6 is 0 Å². The first-order valence-corrected chi connectivity index (χ1v) is 6.44. The summed E-state index contributed by atoms with van der Waals surface area (Å²) in [6, 6.07) is 0.153. The zero-order valence-corrected chi connectivity index (χ0v) is 11.0. The summed E-state index contributed by atoms with van der Waals surface area (Å²) < 4.78 is 0. The van der Waals surface area contributed by atoms with Crippen molar-refractivity contribution < 1.29 is 14.7 Å². The molecule has 2 atom stereocenters. The molecule has 0 aromatic rings. The van der Waals surface area contributed by atoms with Crippen LogP contribution in [0.5, 0.6) is 0 Å². The van der Waals surface area contributed by atoms with Gasteiger partial charge >= 0.3 is 5.97 Å². The number of hydrogen-bond donors (Lipinski definition) is 2. The van der Waals surface area contributed by atoms with E-state index in [-0.39, 0.29) is 11.9 Å². The smallest absolute Gasteiger partial charge is 0.318 e. The van der Waals surface area contributed by atoms with Gasteiger partial charge in [0.1, 0.15) is 5.41 Å². The highest BCUT2D eigenvalue weighted by molar-refractivity contribution is 6.01. The predicted molar refractivity (Wildman–Crippen MR) is 65.6 cm³/mol. The Balaban J connectivity index is 2.63. The van der Waals surface area contributed by atoms with Crippen LogP contribution in [-0.2, 0) is 9.59 Å². The van der Waals surface area contributed by atoms with E-state index < -0.39 is 11.4 Å². The van der Waals surface area contributed by atoms with Crippen molar-refractivity contribution >= 4 is 11.9 Å². The van der Waals surface area contributed by atoms with Gasteiger partial charge in [0, 0.05) is 6.04 Å². The van der Waals surface area contributed by atoms with Gasteiger partial charge in [-0.1, -0.05) is 26.2 Å². The van der Waals surface area contributed by atoms with Crippen LogP contribution in [0.4, 0.5) is 0 Å². The van der Waals surface area contributed by atoms with Crippen LogP contribution in [0, 0.1) is 11.3 Å². The summed E-state index contributed by atoms with van der Waals surface area (Å²) in [6.07, 6.45) is 5.48. The van der Waals surface area contributed by atoms with Gasteiger partial charge in [0.2, 0.25) is 5.91 Å². The minimum absolute atomic E-state index is 0.153. The quantitative estimate of drug-likeness (QED) is 0.741. The van der Waals surface area contributed by atoms with Crippen LogP contribution in [0.3, 0.4) is 0 Å². The van der Waals surface area contributed by atoms with E-state index in [0.29, 0.717) is 5.92 Å². The normalized spacial score (nSPS) is 25.4. The Morgan fingerprint density at radius 3 is 2.41 bits per heavy atom. The van der Waals surface area contributed by atoms with Gasteiger partial charge in [0.05, 0.1) is 0 Å². The lowest BCUT2D eigenvalue weighted by Gasteiger charge is -2.33. The highest BCUT2D eigenvalue weighted by atomic mass is 16.4. The molecule has 1 fully saturated rings. The second-order valence-electron chi connectivity index (χ2n) is 5.46. The van der Waals surface area contributed by atoms with Crippen molar-refractivity contribution in [2.45, 2.75) is 58.9 Å². The van der Waals surface area contributed by atoms with Gasteiger partial charge in [-0.15, -0.1) is 0 Å². The number of amides is 1. The van der Waals surface area contributed by atoms with Gasteiger partial charge in [0.25, 0.3) is 0 Å². The summed E-state index contributed by atoms with van der Waals surface area (Å²) in [5.41, 5.74) is -1.34. The maximum Gasteiger partial charge on any atom is 0.318 e. The number of carboxylic acid groups (broad SMARTS) is 1. The third-order valence-corrected chi connectivity index (χ3v) is 3.85. The molecular weight excluding hydrogens is 218 g/mol. The number of hydrogen-bond acceptors (Lipinski definition) is 2. The number of carbonyl (C=O) groups is 2. The van der Waals surface area contributed by atoms with Crippen LogP contribution < -0.4 is 5.32 Å². The van der Waals surface area contributed by atoms with Crippen molar-refractivity contribution in [2.24, 2.45) is 11.3 Å². The zero-order valence-electron chi connectivity index (χ0n) is 11.0. The molecule has 0 bridgehead atoms. The van der Waals surface area contributed by atoms with Gasteiger partial charge in [-0.3, -0.25) is 9.59 Å². The minimum Gasteiger partial charge on any atom is -0.480 e. The van der Waals surface area contributed by atoms with Crippen molar-refractivity contribution in [1.82, 2.24) is 5.32 Å². The van der Waals surface area contributed by atoms with Crippen LogP contribution in [0.2, 0.25) is 0 Å². The highest BCUT2D eigenvalue weighted by Gasteiger charge is 2.38. The predicted octanol–water partition coefficient (Wildman–Crippen LogP) is 2.18. The van der Waals surface area contributed by atoms with Crippen LogP contribution in [-0.4, -0.2) is 23.0 Å².